The van der Waals surface area contributed by atoms with Gasteiger partial charge in [-0.1, -0.05) is 0 Å². The third-order valence-electron chi connectivity index (χ3n) is 2.26. The molecule has 1 aliphatic carbocycles. The van der Waals surface area contributed by atoms with Crippen LogP contribution in [0.25, 0.3) is 0 Å². The first-order chi connectivity index (χ1) is 7.13. The predicted octanol–water partition coefficient (Wildman–Crippen LogP) is 0.601. The topological polar surface area (TPSA) is 58.6 Å². The van der Waals surface area contributed by atoms with E-state index in [4.69, 9.17) is 4.74 Å². The molecule has 1 N–H and O–H groups in total. The first-order valence-electron chi connectivity index (χ1n) is 5.28. The van der Waals surface area contributed by atoms with E-state index in [0.717, 1.165) is 6.54 Å². The average molecular weight is 214 g/mol. The Morgan fingerprint density at radius 1 is 1.47 bits per heavy atom. The lowest BCUT2D eigenvalue weighted by Crippen LogP contribution is -2.41. The summed E-state index contributed by atoms with van der Waals surface area (Å²) in [5.41, 5.74) is 0. The Balaban J connectivity index is 2.13. The van der Waals surface area contributed by atoms with E-state index in [1.54, 1.807) is 18.9 Å². The average Bonchev–Trinajstić information content (AvgIpc) is 2.98. The van der Waals surface area contributed by atoms with Gasteiger partial charge in [0.2, 0.25) is 0 Å². The summed E-state index contributed by atoms with van der Waals surface area (Å²) >= 11 is 0. The minimum Gasteiger partial charge on any atom is -0.465 e. The highest BCUT2D eigenvalue weighted by Crippen LogP contribution is 2.29. The van der Waals surface area contributed by atoms with E-state index in [-0.39, 0.29) is 12.6 Å². The lowest BCUT2D eigenvalue weighted by atomic mass is 10.4. The molecule has 0 aromatic carbocycles. The lowest BCUT2D eigenvalue weighted by Gasteiger charge is -2.16. The van der Waals surface area contributed by atoms with Gasteiger partial charge >= 0.3 is 12.0 Å². The Labute approximate surface area is 89.8 Å². The molecule has 0 heterocycles. The van der Waals surface area contributed by atoms with Crippen molar-refractivity contribution in [2.24, 2.45) is 5.92 Å². The van der Waals surface area contributed by atoms with Crippen LogP contribution in [-0.2, 0) is 9.53 Å². The van der Waals surface area contributed by atoms with E-state index in [0.29, 0.717) is 12.5 Å². The number of nitrogens with zero attached hydrogens (tertiary/aromatic N) is 1. The zero-order valence-corrected chi connectivity index (χ0v) is 9.28. The van der Waals surface area contributed by atoms with Crippen LogP contribution in [0.5, 0.6) is 0 Å². The third kappa shape index (κ3) is 4.67. The van der Waals surface area contributed by atoms with Crippen molar-refractivity contribution >= 4 is 12.0 Å². The number of carbonyl (C=O) groups is 2. The van der Waals surface area contributed by atoms with Gasteiger partial charge in [0.25, 0.3) is 0 Å². The molecule has 15 heavy (non-hydrogen) atoms. The van der Waals surface area contributed by atoms with Gasteiger partial charge in [-0.25, -0.2) is 4.79 Å². The fourth-order valence-electron chi connectivity index (χ4n) is 1.27. The maximum atomic E-state index is 11.4. The minimum absolute atomic E-state index is 0.0539. The molecule has 1 fully saturated rings. The molecule has 0 aliphatic heterocycles. The van der Waals surface area contributed by atoms with Gasteiger partial charge in [-0.3, -0.25) is 4.79 Å². The Morgan fingerprint density at radius 3 is 2.67 bits per heavy atom. The Morgan fingerprint density at radius 2 is 2.13 bits per heavy atom. The summed E-state index contributed by atoms with van der Waals surface area (Å²) in [5, 5.41) is 2.51. The van der Waals surface area contributed by atoms with E-state index < -0.39 is 5.97 Å². The highest BCUT2D eigenvalue weighted by Gasteiger charge is 2.24. The van der Waals surface area contributed by atoms with Crippen LogP contribution in [0.2, 0.25) is 0 Å². The number of amides is 2. The predicted molar refractivity (Wildman–Crippen MR) is 55.4 cm³/mol. The van der Waals surface area contributed by atoms with Crippen LogP contribution in [0.3, 0.4) is 0 Å². The largest absolute Gasteiger partial charge is 0.465 e. The number of carbonyl (C=O) groups excluding carboxylic acids is 2. The van der Waals surface area contributed by atoms with Crippen molar-refractivity contribution < 1.29 is 14.3 Å². The van der Waals surface area contributed by atoms with Gasteiger partial charge < -0.3 is 15.0 Å². The molecule has 1 aliphatic rings. The van der Waals surface area contributed by atoms with Crippen molar-refractivity contribution in [2.75, 3.05) is 26.7 Å². The Hall–Kier alpha value is -1.26. The van der Waals surface area contributed by atoms with Crippen molar-refractivity contribution in [3.05, 3.63) is 0 Å². The zero-order chi connectivity index (χ0) is 11.3. The summed E-state index contributed by atoms with van der Waals surface area (Å²) in [6.45, 7) is 2.79. The van der Waals surface area contributed by atoms with Gasteiger partial charge in [0.1, 0.15) is 6.54 Å². The monoisotopic (exact) mass is 214 g/mol. The summed E-state index contributed by atoms with van der Waals surface area (Å²) in [6, 6.07) is -0.213. The van der Waals surface area contributed by atoms with Gasteiger partial charge in [-0.2, -0.15) is 0 Å². The van der Waals surface area contributed by atoms with Gasteiger partial charge in [-0.05, 0) is 25.7 Å². The SMILES string of the molecule is CCOC(=O)CNC(=O)N(C)CC1CC1. The first kappa shape index (κ1) is 11.8. The second-order valence-electron chi connectivity index (χ2n) is 3.79. The van der Waals surface area contributed by atoms with Gasteiger partial charge in [0.05, 0.1) is 6.61 Å². The van der Waals surface area contributed by atoms with Crippen LogP contribution in [0.1, 0.15) is 19.8 Å². The molecular formula is C10H18N2O3. The van der Waals surface area contributed by atoms with E-state index in [9.17, 15) is 9.59 Å². The summed E-state index contributed by atoms with van der Waals surface area (Å²) < 4.78 is 4.69. The molecule has 86 valence electrons. The molecule has 0 spiro atoms. The van der Waals surface area contributed by atoms with Gasteiger partial charge in [-0.15, -0.1) is 0 Å². The quantitative estimate of drug-likeness (QED) is 0.682. The molecule has 0 radical (unpaired) electrons. The second kappa shape index (κ2) is 5.58. The molecule has 0 unspecified atom stereocenters. The minimum atomic E-state index is -0.398. The van der Waals surface area contributed by atoms with E-state index in [1.165, 1.54) is 12.8 Å². The maximum absolute atomic E-state index is 11.4. The zero-order valence-electron chi connectivity index (χ0n) is 9.28. The summed E-state index contributed by atoms with van der Waals surface area (Å²) in [7, 11) is 1.73. The summed E-state index contributed by atoms with van der Waals surface area (Å²) in [5.74, 6) is 0.258. The smallest absolute Gasteiger partial charge is 0.325 e. The van der Waals surface area contributed by atoms with Crippen LogP contribution >= 0.6 is 0 Å². The fraction of sp³-hybridized carbons (Fsp3) is 0.800. The van der Waals surface area contributed by atoms with Gasteiger partial charge in [0, 0.05) is 13.6 Å². The molecule has 0 bridgehead atoms. The highest BCUT2D eigenvalue weighted by molar-refractivity contribution is 5.80. The molecule has 5 nitrogen and oxygen atoms in total. The molecule has 0 aromatic rings. The number of esters is 1. The van der Waals surface area contributed by atoms with Crippen molar-refractivity contribution in [3.63, 3.8) is 0 Å². The summed E-state index contributed by atoms with van der Waals surface area (Å²) in [4.78, 5) is 24.0. The molecule has 0 saturated heterocycles. The van der Waals surface area contributed by atoms with E-state index in [1.807, 2.05) is 0 Å². The van der Waals surface area contributed by atoms with Crippen molar-refractivity contribution in [1.29, 1.82) is 0 Å². The van der Waals surface area contributed by atoms with Crippen molar-refractivity contribution in [1.82, 2.24) is 10.2 Å². The fourth-order valence-corrected chi connectivity index (χ4v) is 1.27. The van der Waals surface area contributed by atoms with Crippen LogP contribution < -0.4 is 5.32 Å². The standard InChI is InChI=1S/C10H18N2O3/c1-3-15-9(13)6-11-10(14)12(2)7-8-4-5-8/h8H,3-7H2,1-2H3,(H,11,14). The van der Waals surface area contributed by atoms with Crippen molar-refractivity contribution in [3.8, 4) is 0 Å². The number of nitrogens with one attached hydrogen (secondary N) is 1. The van der Waals surface area contributed by atoms with Crippen LogP contribution in [0, 0.1) is 5.92 Å². The molecule has 5 heteroatoms. The van der Waals surface area contributed by atoms with Crippen LogP contribution in [0.4, 0.5) is 4.79 Å². The van der Waals surface area contributed by atoms with Crippen LogP contribution in [-0.4, -0.2) is 43.6 Å². The maximum Gasteiger partial charge on any atom is 0.325 e. The molecule has 2 amide bonds. The highest BCUT2D eigenvalue weighted by atomic mass is 16.5. The number of hydrogen-bond donors (Lipinski definition) is 1. The number of hydrogen-bond acceptors (Lipinski definition) is 3. The Kier molecular flexibility index (Phi) is 4.39. The normalized spacial score (nSPS) is 14.5. The van der Waals surface area contributed by atoms with Crippen molar-refractivity contribution in [2.45, 2.75) is 19.8 Å². The first-order valence-corrected chi connectivity index (χ1v) is 5.28. The summed E-state index contributed by atoms with van der Waals surface area (Å²) in [6.07, 6.45) is 2.41. The van der Waals surface area contributed by atoms with E-state index >= 15 is 0 Å². The number of urea groups is 1. The molecule has 1 rings (SSSR count). The lowest BCUT2D eigenvalue weighted by molar-refractivity contribution is -0.141. The number of rotatable bonds is 5. The van der Waals surface area contributed by atoms with Gasteiger partial charge in [0.15, 0.2) is 0 Å². The molecule has 1 saturated carbocycles. The Bertz CT molecular complexity index is 239. The van der Waals surface area contributed by atoms with E-state index in [2.05, 4.69) is 5.32 Å². The van der Waals surface area contributed by atoms with Crippen LogP contribution in [0.15, 0.2) is 0 Å². The second-order valence-corrected chi connectivity index (χ2v) is 3.79. The molecule has 0 aromatic heterocycles. The number of ether oxygens (including phenoxy) is 1. The molecular weight excluding hydrogens is 196 g/mol. The third-order valence-corrected chi connectivity index (χ3v) is 2.26. The molecule has 0 atom stereocenters.